The molecule has 0 saturated heterocycles. The highest BCUT2D eigenvalue weighted by molar-refractivity contribution is 7.90. The monoisotopic (exact) mass is 333 g/mol. The molecule has 1 aromatic rings. The highest BCUT2D eigenvalue weighted by atomic mass is 32.2. The minimum absolute atomic E-state index is 0.317. The molecule has 0 heterocycles. The number of nitriles is 1. The van der Waals surface area contributed by atoms with E-state index in [1.807, 2.05) is 0 Å². The first kappa shape index (κ1) is 17.8. The molecule has 0 saturated carbocycles. The van der Waals surface area contributed by atoms with E-state index in [-0.39, 0.29) is 0 Å². The van der Waals surface area contributed by atoms with Crippen LogP contribution in [-0.2, 0) is 20.8 Å². The van der Waals surface area contributed by atoms with Gasteiger partial charge in [-0.2, -0.15) is 18.4 Å². The van der Waals surface area contributed by atoms with Crippen LogP contribution >= 0.6 is 0 Å². The largest absolute Gasteiger partial charge is 0.417 e. The van der Waals surface area contributed by atoms with Crippen LogP contribution in [0.4, 0.5) is 13.2 Å². The molecule has 1 rings (SSSR count). The molecule has 0 aliphatic rings. The Morgan fingerprint density at radius 3 is 2.18 bits per heavy atom. The summed E-state index contributed by atoms with van der Waals surface area (Å²) in [7, 11) is -3.91. The smallest absolute Gasteiger partial charge is 0.298 e. The van der Waals surface area contributed by atoms with Gasteiger partial charge in [-0.1, -0.05) is 0 Å². The number of benzene rings is 1. The number of ketones is 2. The van der Waals surface area contributed by atoms with Gasteiger partial charge in [0.2, 0.25) is 0 Å². The summed E-state index contributed by atoms with van der Waals surface area (Å²) >= 11 is 0. The molecule has 0 aromatic heterocycles. The molecule has 118 valence electrons. The van der Waals surface area contributed by atoms with Gasteiger partial charge in [0.25, 0.3) is 0 Å². The Bertz CT molecular complexity index is 775. The average Bonchev–Trinajstić information content (AvgIpc) is 2.36. The Morgan fingerprint density at radius 1 is 1.27 bits per heavy atom. The molecule has 1 aromatic carbocycles. The summed E-state index contributed by atoms with van der Waals surface area (Å²) in [5.74, 6) is -4.08. The highest BCUT2D eigenvalue weighted by Crippen LogP contribution is 2.34. The van der Waals surface area contributed by atoms with E-state index < -0.39 is 49.5 Å². The molecule has 9 heteroatoms. The van der Waals surface area contributed by atoms with E-state index in [2.05, 4.69) is 0 Å². The summed E-state index contributed by atoms with van der Waals surface area (Å²) in [6.07, 6.45) is -4.29. The normalized spacial score (nSPS) is 13.3. The second-order valence-corrected chi connectivity index (χ2v) is 6.53. The number of hydrogen-bond acceptors (Lipinski definition) is 5. The van der Waals surface area contributed by atoms with Crippen molar-refractivity contribution in [1.82, 2.24) is 0 Å². The lowest BCUT2D eigenvalue weighted by Crippen LogP contribution is -2.24. The van der Waals surface area contributed by atoms with Crippen LogP contribution in [-0.4, -0.2) is 26.2 Å². The van der Waals surface area contributed by atoms with Crippen molar-refractivity contribution < 1.29 is 31.2 Å². The second-order valence-electron chi connectivity index (χ2n) is 4.51. The fourth-order valence-electron chi connectivity index (χ4n) is 1.69. The first-order chi connectivity index (χ1) is 9.89. The quantitative estimate of drug-likeness (QED) is 0.621. The number of hydrogen-bond donors (Lipinski definition) is 0. The number of sulfone groups is 1. The molecule has 0 radical (unpaired) electrons. The molecule has 1 atom stereocenters. The third kappa shape index (κ3) is 3.71. The molecule has 1 unspecified atom stereocenters. The van der Waals surface area contributed by atoms with Gasteiger partial charge in [-0.3, -0.25) is 9.59 Å². The van der Waals surface area contributed by atoms with Crippen molar-refractivity contribution in [2.75, 3.05) is 6.26 Å². The first-order valence-electron chi connectivity index (χ1n) is 5.75. The van der Waals surface area contributed by atoms with Crippen molar-refractivity contribution in [3.8, 4) is 6.07 Å². The number of nitrogens with zero attached hydrogens (tertiary/aromatic N) is 1. The molecule has 0 aliphatic heterocycles. The number of carbonyl (C=O) groups excluding carboxylic acids is 2. The summed E-state index contributed by atoms with van der Waals surface area (Å²) < 4.78 is 61.8. The van der Waals surface area contributed by atoms with E-state index in [1.165, 1.54) is 6.07 Å². The standard InChI is InChI=1S/C13H10F3NO4S/c1-7(18)10(6-17)12(19)9-4-3-8(22(2,20)21)5-11(9)13(14,15)16/h3-5,10H,1-2H3. The van der Waals surface area contributed by atoms with Gasteiger partial charge in [0.05, 0.1) is 16.5 Å². The summed E-state index contributed by atoms with van der Waals surface area (Å²) in [5.41, 5.74) is -2.41. The molecule has 0 fully saturated rings. The number of carbonyl (C=O) groups is 2. The Kier molecular flexibility index (Phi) is 4.77. The topological polar surface area (TPSA) is 92.1 Å². The number of alkyl halides is 3. The Balaban J connectivity index is 3.60. The lowest BCUT2D eigenvalue weighted by Gasteiger charge is -2.14. The van der Waals surface area contributed by atoms with Gasteiger partial charge >= 0.3 is 6.18 Å². The molecule has 0 bridgehead atoms. The third-order valence-electron chi connectivity index (χ3n) is 2.79. The molecular weight excluding hydrogens is 323 g/mol. The lowest BCUT2D eigenvalue weighted by molar-refractivity contribution is -0.138. The summed E-state index contributed by atoms with van der Waals surface area (Å²) in [5, 5.41) is 8.74. The van der Waals surface area contributed by atoms with E-state index in [1.54, 1.807) is 0 Å². The van der Waals surface area contributed by atoms with Crippen molar-refractivity contribution in [2.24, 2.45) is 5.92 Å². The summed E-state index contributed by atoms with van der Waals surface area (Å²) in [4.78, 5) is 22.5. The van der Waals surface area contributed by atoms with Crippen LogP contribution in [0.2, 0.25) is 0 Å². The van der Waals surface area contributed by atoms with Crippen molar-refractivity contribution in [1.29, 1.82) is 5.26 Å². The second kappa shape index (κ2) is 5.88. The zero-order chi connectivity index (χ0) is 17.3. The van der Waals surface area contributed by atoms with Crippen molar-refractivity contribution in [3.05, 3.63) is 29.3 Å². The summed E-state index contributed by atoms with van der Waals surface area (Å²) in [6, 6.07) is 3.14. The summed E-state index contributed by atoms with van der Waals surface area (Å²) in [6.45, 7) is 0.907. The average molecular weight is 333 g/mol. The minimum Gasteiger partial charge on any atom is -0.298 e. The highest BCUT2D eigenvalue weighted by Gasteiger charge is 2.38. The van der Waals surface area contributed by atoms with Crippen LogP contribution in [0.5, 0.6) is 0 Å². The molecule has 0 amide bonds. The van der Waals surface area contributed by atoms with E-state index >= 15 is 0 Å². The lowest BCUT2D eigenvalue weighted by atomic mass is 9.92. The maximum Gasteiger partial charge on any atom is 0.417 e. The SMILES string of the molecule is CC(=O)C(C#N)C(=O)c1ccc(S(C)(=O)=O)cc1C(F)(F)F. The number of rotatable bonds is 4. The van der Waals surface area contributed by atoms with Crippen LogP contribution in [0.25, 0.3) is 0 Å². The van der Waals surface area contributed by atoms with Crippen molar-refractivity contribution in [2.45, 2.75) is 18.0 Å². The Labute approximate surface area is 124 Å². The van der Waals surface area contributed by atoms with Gasteiger partial charge in [0, 0.05) is 11.8 Å². The van der Waals surface area contributed by atoms with Crippen LogP contribution in [0.1, 0.15) is 22.8 Å². The van der Waals surface area contributed by atoms with Crippen molar-refractivity contribution in [3.63, 3.8) is 0 Å². The van der Waals surface area contributed by atoms with Crippen LogP contribution in [0, 0.1) is 17.2 Å². The van der Waals surface area contributed by atoms with Gasteiger partial charge < -0.3 is 0 Å². The van der Waals surface area contributed by atoms with E-state index in [0.29, 0.717) is 12.1 Å². The van der Waals surface area contributed by atoms with Gasteiger partial charge in [0.15, 0.2) is 27.3 Å². The number of halogens is 3. The zero-order valence-electron chi connectivity index (χ0n) is 11.4. The molecule has 22 heavy (non-hydrogen) atoms. The fourth-order valence-corrected chi connectivity index (χ4v) is 2.34. The molecule has 0 aliphatic carbocycles. The maximum atomic E-state index is 13.0. The minimum atomic E-state index is -5.01. The van der Waals surface area contributed by atoms with Crippen LogP contribution < -0.4 is 0 Å². The van der Waals surface area contributed by atoms with Crippen LogP contribution in [0.15, 0.2) is 23.1 Å². The predicted octanol–water partition coefficient (Wildman–Crippen LogP) is 2.02. The van der Waals surface area contributed by atoms with E-state index in [4.69, 9.17) is 5.26 Å². The third-order valence-corrected chi connectivity index (χ3v) is 3.90. The Hall–Kier alpha value is -2.21. The van der Waals surface area contributed by atoms with Gasteiger partial charge in [-0.15, -0.1) is 0 Å². The Morgan fingerprint density at radius 2 is 1.82 bits per heavy atom. The van der Waals surface area contributed by atoms with E-state index in [9.17, 15) is 31.2 Å². The predicted molar refractivity (Wildman–Crippen MR) is 68.7 cm³/mol. The fraction of sp³-hybridized carbons (Fsp3) is 0.308. The molecule has 0 spiro atoms. The molecular formula is C13H10F3NO4S. The number of Topliss-reactive ketones (excluding diaryl/α,β-unsaturated/α-hetero) is 2. The van der Waals surface area contributed by atoms with Crippen molar-refractivity contribution >= 4 is 21.4 Å². The zero-order valence-corrected chi connectivity index (χ0v) is 12.2. The van der Waals surface area contributed by atoms with Gasteiger partial charge in [-0.05, 0) is 25.1 Å². The van der Waals surface area contributed by atoms with Crippen LogP contribution in [0.3, 0.4) is 0 Å². The van der Waals surface area contributed by atoms with Gasteiger partial charge in [0.1, 0.15) is 0 Å². The molecule has 0 N–H and O–H groups in total. The van der Waals surface area contributed by atoms with E-state index in [0.717, 1.165) is 19.2 Å². The van der Waals surface area contributed by atoms with Gasteiger partial charge in [-0.25, -0.2) is 8.42 Å². The maximum absolute atomic E-state index is 13.0. The molecule has 5 nitrogen and oxygen atoms in total. The first-order valence-corrected chi connectivity index (χ1v) is 7.64.